The maximum Gasteiger partial charge on any atom is 0.257 e. The topological polar surface area (TPSA) is 76.2 Å². The van der Waals surface area contributed by atoms with Gasteiger partial charge in [-0.2, -0.15) is 0 Å². The van der Waals surface area contributed by atoms with Crippen molar-refractivity contribution in [2.75, 3.05) is 11.7 Å². The first-order valence-corrected chi connectivity index (χ1v) is 11.2. The van der Waals surface area contributed by atoms with Crippen LogP contribution in [0.25, 0.3) is 0 Å². The highest BCUT2D eigenvalue weighted by molar-refractivity contribution is 6.31. The standard InChI is InChI=1S/C26H21ClN2O5/c1-16-4-2-3-5-20(16)25(31)28(14-17-6-11-22-23(12-17)34-15-33-22)21-13-24(30)29(26(21)32)19-9-7-18(27)8-10-19/h2-12,21H,13-15H2,1H3. The van der Waals surface area contributed by atoms with Gasteiger partial charge in [0, 0.05) is 17.1 Å². The van der Waals surface area contributed by atoms with Crippen molar-refractivity contribution in [2.45, 2.75) is 25.9 Å². The number of nitrogens with zero attached hydrogens (tertiary/aromatic N) is 2. The molecule has 0 aromatic heterocycles. The maximum atomic E-state index is 13.7. The fourth-order valence-corrected chi connectivity index (χ4v) is 4.37. The van der Waals surface area contributed by atoms with Crippen molar-refractivity contribution >= 4 is 35.0 Å². The number of hydrogen-bond acceptors (Lipinski definition) is 5. The number of rotatable bonds is 5. The Hall–Kier alpha value is -3.84. The number of amides is 3. The average molecular weight is 477 g/mol. The Labute approximate surface area is 201 Å². The number of halogens is 1. The van der Waals surface area contributed by atoms with Crippen LogP contribution in [-0.2, 0) is 16.1 Å². The highest BCUT2D eigenvalue weighted by atomic mass is 35.5. The van der Waals surface area contributed by atoms with Crippen molar-refractivity contribution in [1.29, 1.82) is 0 Å². The molecule has 1 saturated heterocycles. The molecule has 0 spiro atoms. The van der Waals surface area contributed by atoms with Crippen LogP contribution < -0.4 is 14.4 Å². The molecule has 0 N–H and O–H groups in total. The summed E-state index contributed by atoms with van der Waals surface area (Å²) in [5.41, 5.74) is 2.45. The molecule has 1 fully saturated rings. The molecular weight excluding hydrogens is 456 g/mol. The van der Waals surface area contributed by atoms with E-state index in [1.807, 2.05) is 25.1 Å². The van der Waals surface area contributed by atoms with Crippen molar-refractivity contribution in [3.63, 3.8) is 0 Å². The molecule has 172 valence electrons. The zero-order valence-corrected chi connectivity index (χ0v) is 19.1. The van der Waals surface area contributed by atoms with E-state index in [4.69, 9.17) is 21.1 Å². The van der Waals surface area contributed by atoms with Gasteiger partial charge in [0.05, 0.1) is 12.1 Å². The summed E-state index contributed by atoms with van der Waals surface area (Å²) < 4.78 is 10.8. The third kappa shape index (κ3) is 3.99. The zero-order chi connectivity index (χ0) is 23.8. The predicted octanol–water partition coefficient (Wildman–Crippen LogP) is 4.35. The average Bonchev–Trinajstić information content (AvgIpc) is 3.41. The van der Waals surface area contributed by atoms with Crippen LogP contribution in [0, 0.1) is 6.92 Å². The fraction of sp³-hybridized carbons (Fsp3) is 0.192. The van der Waals surface area contributed by atoms with E-state index in [9.17, 15) is 14.4 Å². The Balaban J connectivity index is 1.50. The van der Waals surface area contributed by atoms with Crippen molar-refractivity contribution in [1.82, 2.24) is 4.90 Å². The number of imide groups is 1. The van der Waals surface area contributed by atoms with Gasteiger partial charge in [0.15, 0.2) is 11.5 Å². The second-order valence-corrected chi connectivity index (χ2v) is 8.64. The molecule has 3 aromatic rings. The summed E-state index contributed by atoms with van der Waals surface area (Å²) in [6, 6.07) is 18.1. The lowest BCUT2D eigenvalue weighted by Gasteiger charge is -2.28. The molecule has 0 bridgehead atoms. The lowest BCUT2D eigenvalue weighted by Crippen LogP contribution is -2.45. The van der Waals surface area contributed by atoms with E-state index in [0.29, 0.717) is 27.8 Å². The molecule has 1 atom stereocenters. The van der Waals surface area contributed by atoms with E-state index in [-0.39, 0.29) is 31.6 Å². The lowest BCUT2D eigenvalue weighted by molar-refractivity contribution is -0.122. The van der Waals surface area contributed by atoms with E-state index in [0.717, 1.165) is 16.0 Å². The monoisotopic (exact) mass is 476 g/mol. The smallest absolute Gasteiger partial charge is 0.257 e. The first kappa shape index (κ1) is 22.0. The Kier molecular flexibility index (Phi) is 5.71. The van der Waals surface area contributed by atoms with Gasteiger partial charge in [-0.3, -0.25) is 14.4 Å². The largest absolute Gasteiger partial charge is 0.454 e. The van der Waals surface area contributed by atoms with Gasteiger partial charge in [0.1, 0.15) is 6.04 Å². The van der Waals surface area contributed by atoms with Gasteiger partial charge < -0.3 is 14.4 Å². The van der Waals surface area contributed by atoms with E-state index in [1.165, 1.54) is 4.90 Å². The molecule has 0 saturated carbocycles. The minimum atomic E-state index is -0.944. The number of aryl methyl sites for hydroxylation is 1. The summed E-state index contributed by atoms with van der Waals surface area (Å²) in [7, 11) is 0. The van der Waals surface area contributed by atoms with E-state index < -0.39 is 11.9 Å². The molecular formula is C26H21ClN2O5. The van der Waals surface area contributed by atoms with Crippen LogP contribution >= 0.6 is 11.6 Å². The second-order valence-electron chi connectivity index (χ2n) is 8.20. The highest BCUT2D eigenvalue weighted by Gasteiger charge is 2.44. The SMILES string of the molecule is Cc1ccccc1C(=O)N(Cc1ccc2c(c1)OCO2)C1CC(=O)N(c2ccc(Cl)cc2)C1=O. The zero-order valence-electron chi connectivity index (χ0n) is 18.4. The molecule has 0 radical (unpaired) electrons. The molecule has 1 unspecified atom stereocenters. The first-order chi connectivity index (χ1) is 16.4. The van der Waals surface area contributed by atoms with Crippen LogP contribution in [0.5, 0.6) is 11.5 Å². The van der Waals surface area contributed by atoms with Crippen molar-refractivity contribution in [3.05, 3.63) is 88.4 Å². The summed E-state index contributed by atoms with van der Waals surface area (Å²) in [6.45, 7) is 2.10. The molecule has 2 aliphatic rings. The van der Waals surface area contributed by atoms with Gasteiger partial charge in [0.2, 0.25) is 12.7 Å². The number of carbonyl (C=O) groups is 3. The van der Waals surface area contributed by atoms with Crippen molar-refractivity contribution in [3.8, 4) is 11.5 Å². The fourth-order valence-electron chi connectivity index (χ4n) is 4.25. The number of carbonyl (C=O) groups excluding carboxylic acids is 3. The number of anilines is 1. The van der Waals surface area contributed by atoms with Crippen LogP contribution in [0.3, 0.4) is 0 Å². The Bertz CT molecular complexity index is 1290. The molecule has 2 aliphatic heterocycles. The quantitative estimate of drug-likeness (QED) is 0.512. The molecule has 34 heavy (non-hydrogen) atoms. The van der Waals surface area contributed by atoms with Gasteiger partial charge in [-0.05, 0) is 60.5 Å². The summed E-state index contributed by atoms with van der Waals surface area (Å²) in [5, 5.41) is 0.499. The molecule has 2 heterocycles. The van der Waals surface area contributed by atoms with Gasteiger partial charge in [-0.15, -0.1) is 0 Å². The highest BCUT2D eigenvalue weighted by Crippen LogP contribution is 2.34. The van der Waals surface area contributed by atoms with Gasteiger partial charge in [0.25, 0.3) is 11.8 Å². The summed E-state index contributed by atoms with van der Waals surface area (Å²) in [6.07, 6.45) is -0.108. The molecule has 3 aromatic carbocycles. The van der Waals surface area contributed by atoms with Crippen molar-refractivity contribution in [2.24, 2.45) is 0 Å². The number of fused-ring (bicyclic) bond motifs is 1. The molecule has 3 amide bonds. The number of hydrogen-bond donors (Lipinski definition) is 0. The normalized spacial score (nSPS) is 16.8. The minimum Gasteiger partial charge on any atom is -0.454 e. The Morgan fingerprint density at radius 2 is 1.76 bits per heavy atom. The number of benzene rings is 3. The van der Waals surface area contributed by atoms with Gasteiger partial charge >= 0.3 is 0 Å². The van der Waals surface area contributed by atoms with Gasteiger partial charge in [-0.25, -0.2) is 4.90 Å². The van der Waals surface area contributed by atoms with Crippen LogP contribution in [0.2, 0.25) is 5.02 Å². The first-order valence-electron chi connectivity index (χ1n) is 10.8. The summed E-state index contributed by atoms with van der Waals surface area (Å²) in [4.78, 5) is 42.7. The Morgan fingerprint density at radius 3 is 2.53 bits per heavy atom. The van der Waals surface area contributed by atoms with Crippen LogP contribution in [0.4, 0.5) is 5.69 Å². The maximum absolute atomic E-state index is 13.7. The predicted molar refractivity (Wildman–Crippen MR) is 126 cm³/mol. The van der Waals surface area contributed by atoms with E-state index >= 15 is 0 Å². The summed E-state index contributed by atoms with van der Waals surface area (Å²) in [5.74, 6) is 0.0689. The molecule has 7 nitrogen and oxygen atoms in total. The van der Waals surface area contributed by atoms with E-state index in [2.05, 4.69) is 0 Å². The molecule has 8 heteroatoms. The second kappa shape index (κ2) is 8.83. The molecule has 0 aliphatic carbocycles. The minimum absolute atomic E-state index is 0.108. The van der Waals surface area contributed by atoms with Crippen LogP contribution in [-0.4, -0.2) is 35.5 Å². The Morgan fingerprint density at radius 1 is 1.03 bits per heavy atom. The van der Waals surface area contributed by atoms with E-state index in [1.54, 1.807) is 48.5 Å². The third-order valence-corrected chi connectivity index (χ3v) is 6.26. The van der Waals surface area contributed by atoms with Crippen LogP contribution in [0.1, 0.15) is 27.9 Å². The third-order valence-electron chi connectivity index (χ3n) is 6.01. The summed E-state index contributed by atoms with van der Waals surface area (Å²) >= 11 is 5.96. The molecule has 5 rings (SSSR count). The van der Waals surface area contributed by atoms with Crippen LogP contribution in [0.15, 0.2) is 66.7 Å². The lowest BCUT2D eigenvalue weighted by atomic mass is 10.0. The van der Waals surface area contributed by atoms with Gasteiger partial charge in [-0.1, -0.05) is 35.9 Å². The van der Waals surface area contributed by atoms with Crippen molar-refractivity contribution < 1.29 is 23.9 Å². The number of ether oxygens (including phenoxy) is 2.